The van der Waals surface area contributed by atoms with Crippen molar-refractivity contribution in [3.63, 3.8) is 0 Å². The molecular weight excluding hydrogens is 371 g/mol. The van der Waals surface area contributed by atoms with Crippen LogP contribution < -0.4 is 10.6 Å². The number of nitrogens with two attached hydrogens (primary N) is 1. The van der Waals surface area contributed by atoms with Crippen molar-refractivity contribution in [2.24, 2.45) is 0 Å². The second kappa shape index (κ2) is 7.05. The van der Waals surface area contributed by atoms with Crippen molar-refractivity contribution in [1.29, 1.82) is 0 Å². The summed E-state index contributed by atoms with van der Waals surface area (Å²) in [5, 5.41) is 0. The quantitative estimate of drug-likeness (QED) is 0.846. The fourth-order valence-electron chi connectivity index (χ4n) is 3.13. The fraction of sp³-hybridized carbons (Fsp3) is 0.444. The van der Waals surface area contributed by atoms with Gasteiger partial charge in [0.1, 0.15) is 12.0 Å². The Morgan fingerprint density at radius 2 is 2.04 bits per heavy atom. The van der Waals surface area contributed by atoms with Crippen molar-refractivity contribution in [2.45, 2.75) is 38.3 Å². The normalized spacial score (nSPS) is 21.3. The number of hydrogen-bond acceptors (Lipinski definition) is 4. The predicted octanol–water partition coefficient (Wildman–Crippen LogP) is 4.28. The molecule has 1 unspecified atom stereocenters. The summed E-state index contributed by atoms with van der Waals surface area (Å²) in [6, 6.07) is 9.81. The maximum atomic E-state index is 14.6. The number of aromatic nitrogens is 2. The standard InChI is InChI=1S/C18H22BrFN4/c1-11(2)16-9-17(23-18(21)22-16)24-8-7-15(20)13(10-24)12-5-3-4-6-14(12)19/h3-6,9,11,13,15H,7-8,10H2,1-2H3,(H2,21,22,23)/t13-,15?/m1/s1. The molecule has 2 heterocycles. The summed E-state index contributed by atoms with van der Waals surface area (Å²) in [6.45, 7) is 5.36. The Balaban J connectivity index is 1.90. The Morgan fingerprint density at radius 1 is 1.29 bits per heavy atom. The van der Waals surface area contributed by atoms with Crippen LogP contribution in [0.5, 0.6) is 0 Å². The summed E-state index contributed by atoms with van der Waals surface area (Å²) < 4.78 is 15.5. The minimum absolute atomic E-state index is 0.187. The molecule has 1 fully saturated rings. The van der Waals surface area contributed by atoms with E-state index in [1.807, 2.05) is 30.3 Å². The zero-order valence-electron chi connectivity index (χ0n) is 13.9. The summed E-state index contributed by atoms with van der Waals surface area (Å²) in [4.78, 5) is 10.8. The van der Waals surface area contributed by atoms with Gasteiger partial charge in [0.2, 0.25) is 5.95 Å². The highest BCUT2D eigenvalue weighted by Crippen LogP contribution is 2.35. The van der Waals surface area contributed by atoms with Crippen LogP contribution in [-0.2, 0) is 0 Å². The predicted molar refractivity (Wildman–Crippen MR) is 99.1 cm³/mol. The highest BCUT2D eigenvalue weighted by molar-refractivity contribution is 9.10. The van der Waals surface area contributed by atoms with E-state index in [2.05, 4.69) is 44.6 Å². The second-order valence-corrected chi connectivity index (χ2v) is 7.40. The maximum Gasteiger partial charge on any atom is 0.222 e. The number of alkyl halides is 1. The molecule has 1 aliphatic heterocycles. The van der Waals surface area contributed by atoms with Crippen LogP contribution in [0.15, 0.2) is 34.8 Å². The van der Waals surface area contributed by atoms with E-state index in [1.165, 1.54) is 0 Å². The monoisotopic (exact) mass is 392 g/mol. The molecule has 1 aromatic heterocycles. The van der Waals surface area contributed by atoms with E-state index < -0.39 is 6.17 Å². The first-order valence-corrected chi connectivity index (χ1v) is 9.03. The van der Waals surface area contributed by atoms with Crippen LogP contribution in [0.25, 0.3) is 0 Å². The van der Waals surface area contributed by atoms with Gasteiger partial charge in [-0.25, -0.2) is 9.37 Å². The van der Waals surface area contributed by atoms with Gasteiger partial charge in [0, 0.05) is 29.5 Å². The van der Waals surface area contributed by atoms with E-state index in [0.29, 0.717) is 19.5 Å². The molecule has 0 amide bonds. The molecule has 1 saturated heterocycles. The Hall–Kier alpha value is -1.69. The maximum absolute atomic E-state index is 14.6. The topological polar surface area (TPSA) is 55.0 Å². The smallest absolute Gasteiger partial charge is 0.222 e. The molecule has 1 aliphatic rings. The molecular formula is C18H22BrFN4. The lowest BCUT2D eigenvalue weighted by Gasteiger charge is -2.36. The average molecular weight is 393 g/mol. The molecule has 0 aliphatic carbocycles. The molecule has 0 spiro atoms. The Bertz CT molecular complexity index is 722. The molecule has 2 aromatic rings. The van der Waals surface area contributed by atoms with Crippen LogP contribution in [0.4, 0.5) is 16.2 Å². The van der Waals surface area contributed by atoms with Gasteiger partial charge in [-0.3, -0.25) is 0 Å². The van der Waals surface area contributed by atoms with Gasteiger partial charge in [-0.05, 0) is 24.0 Å². The van der Waals surface area contributed by atoms with Gasteiger partial charge < -0.3 is 10.6 Å². The van der Waals surface area contributed by atoms with Crippen LogP contribution >= 0.6 is 15.9 Å². The molecule has 0 saturated carbocycles. The first-order chi connectivity index (χ1) is 11.5. The van der Waals surface area contributed by atoms with Crippen molar-refractivity contribution in [1.82, 2.24) is 9.97 Å². The summed E-state index contributed by atoms with van der Waals surface area (Å²) in [5.74, 6) is 1.14. The second-order valence-electron chi connectivity index (χ2n) is 6.54. The first-order valence-electron chi connectivity index (χ1n) is 8.23. The van der Waals surface area contributed by atoms with Crippen molar-refractivity contribution < 1.29 is 4.39 Å². The van der Waals surface area contributed by atoms with Gasteiger partial charge in [0.15, 0.2) is 0 Å². The largest absolute Gasteiger partial charge is 0.368 e. The molecule has 0 bridgehead atoms. The minimum Gasteiger partial charge on any atom is -0.368 e. The highest BCUT2D eigenvalue weighted by Gasteiger charge is 2.32. The molecule has 2 atom stereocenters. The van der Waals surface area contributed by atoms with E-state index in [1.54, 1.807) is 0 Å². The molecule has 128 valence electrons. The third-order valence-corrected chi connectivity index (χ3v) is 5.22. The fourth-order valence-corrected chi connectivity index (χ4v) is 3.71. The summed E-state index contributed by atoms with van der Waals surface area (Å²) >= 11 is 3.55. The minimum atomic E-state index is -0.858. The van der Waals surface area contributed by atoms with Crippen LogP contribution in [0.2, 0.25) is 0 Å². The number of benzene rings is 1. The lowest BCUT2D eigenvalue weighted by Crippen LogP contribution is -2.41. The molecule has 0 radical (unpaired) electrons. The number of nitrogens with zero attached hydrogens (tertiary/aromatic N) is 3. The van der Waals surface area contributed by atoms with E-state index in [-0.39, 0.29) is 17.8 Å². The van der Waals surface area contributed by atoms with Gasteiger partial charge >= 0.3 is 0 Å². The summed E-state index contributed by atoms with van der Waals surface area (Å²) in [6.07, 6.45) is -0.379. The average Bonchev–Trinajstić information content (AvgIpc) is 2.55. The third kappa shape index (κ3) is 3.53. The molecule has 2 N–H and O–H groups in total. The van der Waals surface area contributed by atoms with Crippen LogP contribution in [0, 0.1) is 0 Å². The van der Waals surface area contributed by atoms with Crippen molar-refractivity contribution >= 4 is 27.7 Å². The zero-order valence-corrected chi connectivity index (χ0v) is 15.5. The van der Waals surface area contributed by atoms with Crippen molar-refractivity contribution in [2.75, 3.05) is 23.7 Å². The third-order valence-electron chi connectivity index (χ3n) is 4.50. The van der Waals surface area contributed by atoms with Gasteiger partial charge in [-0.1, -0.05) is 48.0 Å². The number of rotatable bonds is 3. The van der Waals surface area contributed by atoms with Crippen LogP contribution in [-0.4, -0.2) is 29.2 Å². The van der Waals surface area contributed by atoms with Gasteiger partial charge in [0.25, 0.3) is 0 Å². The number of piperidine rings is 1. The molecule has 6 heteroatoms. The van der Waals surface area contributed by atoms with Gasteiger partial charge in [-0.15, -0.1) is 0 Å². The zero-order chi connectivity index (χ0) is 17.3. The van der Waals surface area contributed by atoms with Crippen LogP contribution in [0.1, 0.15) is 43.4 Å². The van der Waals surface area contributed by atoms with E-state index in [0.717, 1.165) is 21.5 Å². The molecule has 3 rings (SSSR count). The summed E-state index contributed by atoms with van der Waals surface area (Å²) in [7, 11) is 0. The number of hydrogen-bond donors (Lipinski definition) is 1. The van der Waals surface area contributed by atoms with Gasteiger partial charge in [-0.2, -0.15) is 4.98 Å². The van der Waals surface area contributed by atoms with Crippen molar-refractivity contribution in [3.8, 4) is 0 Å². The Labute approximate surface area is 150 Å². The van der Waals surface area contributed by atoms with Gasteiger partial charge in [0.05, 0.1) is 5.69 Å². The number of anilines is 2. The lowest BCUT2D eigenvalue weighted by atomic mass is 9.89. The SMILES string of the molecule is CC(C)c1cc(N2CCC(F)[C@@H](c3ccccc3Br)C2)nc(N)n1. The number of halogens is 2. The van der Waals surface area contributed by atoms with E-state index in [9.17, 15) is 4.39 Å². The Morgan fingerprint density at radius 3 is 2.75 bits per heavy atom. The Kier molecular flexibility index (Phi) is 5.04. The van der Waals surface area contributed by atoms with E-state index >= 15 is 0 Å². The summed E-state index contributed by atoms with van der Waals surface area (Å²) in [5.41, 5.74) is 7.79. The lowest BCUT2D eigenvalue weighted by molar-refractivity contribution is 0.242. The first kappa shape index (κ1) is 17.1. The number of nitrogen functional groups attached to an aromatic ring is 1. The van der Waals surface area contributed by atoms with E-state index in [4.69, 9.17) is 5.73 Å². The van der Waals surface area contributed by atoms with Crippen molar-refractivity contribution in [3.05, 3.63) is 46.1 Å². The highest BCUT2D eigenvalue weighted by atomic mass is 79.9. The molecule has 24 heavy (non-hydrogen) atoms. The molecule has 4 nitrogen and oxygen atoms in total. The van der Waals surface area contributed by atoms with Crippen LogP contribution in [0.3, 0.4) is 0 Å². The molecule has 1 aromatic carbocycles.